The minimum absolute atomic E-state index is 0. The van der Waals surface area contributed by atoms with E-state index in [0.717, 1.165) is 51.5 Å². The molecule has 0 bridgehead atoms. The van der Waals surface area contributed by atoms with Gasteiger partial charge in [0.2, 0.25) is 0 Å². The molecule has 0 spiro atoms. The first-order valence-corrected chi connectivity index (χ1v) is 13.0. The molecule has 31 heavy (non-hydrogen) atoms. The molecule has 0 saturated carbocycles. The van der Waals surface area contributed by atoms with Crippen LogP contribution in [-0.2, 0) is 16.4 Å². The van der Waals surface area contributed by atoms with Crippen molar-refractivity contribution in [3.63, 3.8) is 0 Å². The van der Waals surface area contributed by atoms with Crippen LogP contribution < -0.4 is 10.6 Å². The summed E-state index contributed by atoms with van der Waals surface area (Å²) in [5.41, 5.74) is 1.31. The van der Waals surface area contributed by atoms with E-state index in [1.165, 1.54) is 11.8 Å². The number of halogens is 1. The largest absolute Gasteiger partial charge is 0.357 e. The Morgan fingerprint density at radius 3 is 2.48 bits per heavy atom. The molecule has 1 atom stereocenters. The van der Waals surface area contributed by atoms with Gasteiger partial charge in [0.05, 0.1) is 12.3 Å². The summed E-state index contributed by atoms with van der Waals surface area (Å²) < 4.78 is 22.7. The van der Waals surface area contributed by atoms with Crippen LogP contribution in [0.1, 0.15) is 32.3 Å². The van der Waals surface area contributed by atoms with Gasteiger partial charge in [-0.15, -0.1) is 24.0 Å². The summed E-state index contributed by atoms with van der Waals surface area (Å²) in [7, 11) is -0.758. The maximum absolute atomic E-state index is 11.4. The van der Waals surface area contributed by atoms with Gasteiger partial charge >= 0.3 is 0 Å². The van der Waals surface area contributed by atoms with Crippen LogP contribution in [0.3, 0.4) is 0 Å². The van der Waals surface area contributed by atoms with Crippen molar-refractivity contribution in [2.75, 3.05) is 51.8 Å². The van der Waals surface area contributed by atoms with Crippen LogP contribution in [-0.4, -0.2) is 88.0 Å². The predicted octanol–water partition coefficient (Wildman–Crippen LogP) is 2.19. The highest BCUT2D eigenvalue weighted by Gasteiger charge is 2.21. The molecule has 178 valence electrons. The molecule has 1 fully saturated rings. The minimum Gasteiger partial charge on any atom is -0.357 e. The maximum atomic E-state index is 11.4. The number of likely N-dealkylation sites (N-methyl/N-ethyl adjacent to an activating group) is 1. The first-order valence-electron chi connectivity index (χ1n) is 11.0. The number of piperidine rings is 1. The van der Waals surface area contributed by atoms with Crippen LogP contribution in [0, 0.1) is 0 Å². The predicted molar refractivity (Wildman–Crippen MR) is 141 cm³/mol. The number of guanidine groups is 1. The highest BCUT2D eigenvalue weighted by molar-refractivity contribution is 14.0. The van der Waals surface area contributed by atoms with Crippen LogP contribution in [0.4, 0.5) is 0 Å². The zero-order valence-corrected chi connectivity index (χ0v) is 22.5. The summed E-state index contributed by atoms with van der Waals surface area (Å²) in [5, 5.41) is 6.93. The van der Waals surface area contributed by atoms with E-state index in [-0.39, 0.29) is 29.7 Å². The van der Waals surface area contributed by atoms with Crippen LogP contribution in [0.15, 0.2) is 35.3 Å². The average molecular weight is 566 g/mol. The van der Waals surface area contributed by atoms with E-state index in [4.69, 9.17) is 4.99 Å². The molecular formula is C22H40IN5O2S. The summed E-state index contributed by atoms with van der Waals surface area (Å²) >= 11 is 0. The molecule has 0 radical (unpaired) electrons. The zero-order chi connectivity index (χ0) is 22.0. The summed E-state index contributed by atoms with van der Waals surface area (Å²) in [6, 6.07) is 11.2. The van der Waals surface area contributed by atoms with Crippen molar-refractivity contribution >= 4 is 39.8 Å². The monoisotopic (exact) mass is 565 g/mol. The number of benzene rings is 1. The molecule has 0 aromatic heterocycles. The van der Waals surface area contributed by atoms with Crippen molar-refractivity contribution in [3.05, 3.63) is 35.9 Å². The lowest BCUT2D eigenvalue weighted by Crippen LogP contribution is -2.49. The molecule has 1 aromatic rings. The smallest absolute Gasteiger partial charge is 0.191 e. The summed E-state index contributed by atoms with van der Waals surface area (Å²) in [6.07, 6.45) is 3.30. The van der Waals surface area contributed by atoms with Gasteiger partial charge in [-0.2, -0.15) is 0 Å². The quantitative estimate of drug-likeness (QED) is 0.258. The van der Waals surface area contributed by atoms with E-state index in [1.54, 1.807) is 0 Å². The fourth-order valence-electron chi connectivity index (χ4n) is 3.50. The number of nitrogens with zero attached hydrogens (tertiary/aromatic N) is 3. The zero-order valence-electron chi connectivity index (χ0n) is 19.4. The van der Waals surface area contributed by atoms with E-state index in [9.17, 15) is 8.42 Å². The van der Waals surface area contributed by atoms with Crippen LogP contribution in [0.25, 0.3) is 0 Å². The number of aliphatic imine (C=N–C) groups is 1. The highest BCUT2D eigenvalue weighted by Crippen LogP contribution is 2.11. The first-order chi connectivity index (χ1) is 14.3. The third-order valence-corrected chi connectivity index (χ3v) is 6.52. The Hall–Kier alpha value is -0.910. The molecule has 1 aromatic carbocycles. The standard InChI is InChI=1S/C22H39N5O2S.HI/c1-5-23-22(24-17-19(2)26(3)18-20-9-7-6-8-10-20)25-21-11-13-27(14-12-21)15-16-30(4,28)29;/h6-10,19,21H,5,11-18H2,1-4H3,(H2,23,24,25);1H. The summed E-state index contributed by atoms with van der Waals surface area (Å²) in [6.45, 7) is 9.22. The van der Waals surface area contributed by atoms with Crippen molar-refractivity contribution in [1.29, 1.82) is 0 Å². The Labute approximate surface area is 206 Å². The van der Waals surface area contributed by atoms with Gasteiger partial charge in [-0.25, -0.2) is 8.42 Å². The van der Waals surface area contributed by atoms with Crippen molar-refractivity contribution in [2.45, 2.75) is 45.3 Å². The molecular weight excluding hydrogens is 525 g/mol. The number of rotatable bonds is 10. The van der Waals surface area contributed by atoms with E-state index >= 15 is 0 Å². The Bertz CT molecular complexity index is 752. The van der Waals surface area contributed by atoms with Crippen LogP contribution in [0.2, 0.25) is 0 Å². The molecule has 1 aliphatic heterocycles. The highest BCUT2D eigenvalue weighted by atomic mass is 127. The van der Waals surface area contributed by atoms with Gasteiger partial charge in [0.15, 0.2) is 5.96 Å². The van der Waals surface area contributed by atoms with Gasteiger partial charge in [0.25, 0.3) is 0 Å². The van der Waals surface area contributed by atoms with E-state index in [0.29, 0.717) is 18.6 Å². The molecule has 9 heteroatoms. The number of sulfone groups is 1. The molecule has 2 N–H and O–H groups in total. The molecule has 7 nitrogen and oxygen atoms in total. The molecule has 1 saturated heterocycles. The summed E-state index contributed by atoms with van der Waals surface area (Å²) in [5.74, 6) is 1.11. The molecule has 1 aliphatic rings. The SMILES string of the molecule is CCNC(=NCC(C)N(C)Cc1ccccc1)NC1CCN(CCS(C)(=O)=O)CC1.I. The maximum Gasteiger partial charge on any atom is 0.191 e. The number of hydrogen-bond acceptors (Lipinski definition) is 5. The minimum atomic E-state index is -2.90. The average Bonchev–Trinajstić information content (AvgIpc) is 2.71. The lowest BCUT2D eigenvalue weighted by molar-refractivity contribution is 0.216. The van der Waals surface area contributed by atoms with Gasteiger partial charge in [-0.05, 0) is 39.3 Å². The topological polar surface area (TPSA) is 77.0 Å². The molecule has 2 rings (SSSR count). The fourth-order valence-corrected chi connectivity index (χ4v) is 4.09. The van der Waals surface area contributed by atoms with Gasteiger partial charge in [0.1, 0.15) is 9.84 Å². The van der Waals surface area contributed by atoms with E-state index in [1.807, 2.05) is 6.07 Å². The second-order valence-electron chi connectivity index (χ2n) is 8.36. The van der Waals surface area contributed by atoms with Crippen LogP contribution in [0.5, 0.6) is 0 Å². The summed E-state index contributed by atoms with van der Waals surface area (Å²) in [4.78, 5) is 9.38. The van der Waals surface area contributed by atoms with Crippen molar-refractivity contribution < 1.29 is 8.42 Å². The molecule has 0 aliphatic carbocycles. The van der Waals surface area contributed by atoms with Crippen molar-refractivity contribution in [3.8, 4) is 0 Å². The van der Waals surface area contributed by atoms with E-state index < -0.39 is 9.84 Å². The number of likely N-dealkylation sites (tertiary alicyclic amines) is 1. The van der Waals surface area contributed by atoms with E-state index in [2.05, 4.69) is 65.6 Å². The Kier molecular flexibility index (Phi) is 13.0. The fraction of sp³-hybridized carbons (Fsp3) is 0.682. The Balaban J connectivity index is 0.00000480. The lowest BCUT2D eigenvalue weighted by atomic mass is 10.1. The van der Waals surface area contributed by atoms with Gasteiger partial charge in [-0.3, -0.25) is 9.89 Å². The number of hydrogen-bond donors (Lipinski definition) is 2. The molecule has 0 amide bonds. The van der Waals surface area contributed by atoms with Gasteiger partial charge in [-0.1, -0.05) is 30.3 Å². The Morgan fingerprint density at radius 1 is 1.26 bits per heavy atom. The molecule has 1 heterocycles. The third kappa shape index (κ3) is 11.5. The second-order valence-corrected chi connectivity index (χ2v) is 10.6. The molecule has 1 unspecified atom stereocenters. The van der Waals surface area contributed by atoms with Gasteiger partial charge < -0.3 is 15.5 Å². The van der Waals surface area contributed by atoms with Crippen LogP contribution >= 0.6 is 24.0 Å². The normalized spacial score (nSPS) is 17.3. The lowest BCUT2D eigenvalue weighted by Gasteiger charge is -2.33. The first kappa shape index (κ1) is 28.1. The third-order valence-electron chi connectivity index (χ3n) is 5.59. The number of nitrogens with one attached hydrogen (secondary N) is 2. The van der Waals surface area contributed by atoms with Crippen molar-refractivity contribution in [1.82, 2.24) is 20.4 Å². The van der Waals surface area contributed by atoms with Gasteiger partial charge in [0, 0.05) is 51.1 Å². The second kappa shape index (κ2) is 14.3. The van der Waals surface area contributed by atoms with Crippen molar-refractivity contribution in [2.24, 2.45) is 4.99 Å². The Morgan fingerprint density at radius 2 is 1.90 bits per heavy atom.